The number of Topliss-reactive ketones (excluding diaryl/α,β-unsaturated/α-hetero) is 1. The van der Waals surface area contributed by atoms with Crippen LogP contribution in [0.5, 0.6) is 0 Å². The first-order chi connectivity index (χ1) is 13.0. The zero-order chi connectivity index (χ0) is 19.0. The fourth-order valence-electron chi connectivity index (χ4n) is 3.18. The van der Waals surface area contributed by atoms with E-state index in [2.05, 4.69) is 5.10 Å². The summed E-state index contributed by atoms with van der Waals surface area (Å²) in [6.45, 7) is 0.496. The van der Waals surface area contributed by atoms with Crippen molar-refractivity contribution in [1.29, 1.82) is 0 Å². The Hall–Kier alpha value is -2.12. The van der Waals surface area contributed by atoms with Crippen LogP contribution in [0.1, 0.15) is 21.5 Å². The summed E-state index contributed by atoms with van der Waals surface area (Å²) in [5.74, 6) is -0.101. The maximum absolute atomic E-state index is 12.7. The van der Waals surface area contributed by atoms with E-state index < -0.39 is 7.12 Å². The maximum Gasteiger partial charge on any atom is 0.491 e. The Kier molecular flexibility index (Phi) is 5.06. The van der Waals surface area contributed by atoms with Crippen LogP contribution >= 0.6 is 23.2 Å². The highest BCUT2D eigenvalue weighted by molar-refractivity contribution is 6.60. The molecule has 0 saturated heterocycles. The van der Waals surface area contributed by atoms with Crippen molar-refractivity contribution in [2.24, 2.45) is 0 Å². The lowest BCUT2D eigenvalue weighted by atomic mass is 9.73. The fourth-order valence-corrected chi connectivity index (χ4v) is 3.59. The van der Waals surface area contributed by atoms with E-state index in [1.807, 2.05) is 18.2 Å². The molecule has 1 aromatic heterocycles. The maximum atomic E-state index is 12.7. The van der Waals surface area contributed by atoms with Crippen LogP contribution in [0.2, 0.25) is 10.0 Å². The quantitative estimate of drug-likeness (QED) is 0.540. The molecule has 1 aliphatic rings. The normalized spacial score (nSPS) is 13.5. The van der Waals surface area contributed by atoms with Crippen LogP contribution < -0.4 is 5.46 Å². The summed E-state index contributed by atoms with van der Waals surface area (Å²) in [4.78, 5) is 12.7. The minimum Gasteiger partial charge on any atom is -0.423 e. The van der Waals surface area contributed by atoms with Gasteiger partial charge in [0.2, 0.25) is 0 Å². The predicted octanol–water partition coefficient (Wildman–Crippen LogP) is 2.86. The third kappa shape index (κ3) is 3.80. The van der Waals surface area contributed by atoms with Gasteiger partial charge in [-0.1, -0.05) is 41.4 Å². The Balaban J connectivity index is 1.56. The van der Waals surface area contributed by atoms with Crippen LogP contribution in [0.3, 0.4) is 0 Å². The second kappa shape index (κ2) is 7.48. The van der Waals surface area contributed by atoms with E-state index in [0.717, 1.165) is 28.7 Å². The van der Waals surface area contributed by atoms with Crippen molar-refractivity contribution in [3.63, 3.8) is 0 Å². The van der Waals surface area contributed by atoms with Crippen LogP contribution in [0, 0.1) is 0 Å². The molecule has 0 radical (unpaired) electrons. The summed E-state index contributed by atoms with van der Waals surface area (Å²) < 4.78 is 6.85. The SMILES string of the molecule is O=C(Cc1ccc2c(c1)B(O)OCC2)c1ccc(-n2cc(Cl)cn2)cc1Cl. The number of aromatic nitrogens is 2. The van der Waals surface area contributed by atoms with Crippen molar-refractivity contribution in [1.82, 2.24) is 9.78 Å². The molecule has 4 rings (SSSR count). The van der Waals surface area contributed by atoms with Crippen LogP contribution in [0.25, 0.3) is 5.69 Å². The van der Waals surface area contributed by atoms with Gasteiger partial charge in [-0.15, -0.1) is 0 Å². The molecule has 0 aliphatic carbocycles. The smallest absolute Gasteiger partial charge is 0.423 e. The monoisotopic (exact) mass is 400 g/mol. The van der Waals surface area contributed by atoms with Crippen molar-refractivity contribution in [2.75, 3.05) is 6.61 Å². The molecule has 0 unspecified atom stereocenters. The third-order valence-corrected chi connectivity index (χ3v) is 5.06. The van der Waals surface area contributed by atoms with Gasteiger partial charge in [-0.3, -0.25) is 4.79 Å². The van der Waals surface area contributed by atoms with Crippen molar-refractivity contribution < 1.29 is 14.5 Å². The number of rotatable bonds is 4. The Morgan fingerprint density at radius 1 is 1.26 bits per heavy atom. The molecule has 2 aromatic carbocycles. The van der Waals surface area contributed by atoms with Gasteiger partial charge in [-0.2, -0.15) is 5.10 Å². The van der Waals surface area contributed by atoms with E-state index >= 15 is 0 Å². The van der Waals surface area contributed by atoms with Crippen LogP contribution in [-0.2, 0) is 17.5 Å². The van der Waals surface area contributed by atoms with E-state index in [0.29, 0.717) is 22.2 Å². The van der Waals surface area contributed by atoms with Crippen LogP contribution in [-0.4, -0.2) is 34.3 Å². The number of carbonyl (C=O) groups is 1. The Labute approximate surface area is 166 Å². The molecule has 0 atom stereocenters. The molecule has 5 nitrogen and oxygen atoms in total. The van der Waals surface area contributed by atoms with Crippen molar-refractivity contribution in [2.45, 2.75) is 12.8 Å². The van der Waals surface area contributed by atoms with Crippen LogP contribution in [0.15, 0.2) is 48.8 Å². The lowest BCUT2D eigenvalue weighted by molar-refractivity contribution is 0.0993. The topological polar surface area (TPSA) is 64.3 Å². The average Bonchev–Trinajstić information content (AvgIpc) is 3.08. The minimum absolute atomic E-state index is 0.101. The summed E-state index contributed by atoms with van der Waals surface area (Å²) >= 11 is 12.2. The molecular formula is C19H15BCl2N2O3. The van der Waals surface area contributed by atoms with Gasteiger partial charge in [0.25, 0.3) is 0 Å². The van der Waals surface area contributed by atoms with Gasteiger partial charge in [0.15, 0.2) is 5.78 Å². The fraction of sp³-hybridized carbons (Fsp3) is 0.158. The van der Waals surface area contributed by atoms with E-state index in [-0.39, 0.29) is 12.2 Å². The molecule has 136 valence electrons. The van der Waals surface area contributed by atoms with Gasteiger partial charge in [-0.05, 0) is 41.2 Å². The van der Waals surface area contributed by atoms with Gasteiger partial charge in [0.1, 0.15) is 0 Å². The van der Waals surface area contributed by atoms with E-state index in [1.54, 1.807) is 29.1 Å². The highest BCUT2D eigenvalue weighted by Gasteiger charge is 2.25. The average molecular weight is 401 g/mol. The van der Waals surface area contributed by atoms with Gasteiger partial charge < -0.3 is 9.68 Å². The van der Waals surface area contributed by atoms with Crippen molar-refractivity contribution >= 4 is 41.6 Å². The first-order valence-corrected chi connectivity index (χ1v) is 9.21. The summed E-state index contributed by atoms with van der Waals surface area (Å²) in [5, 5.41) is 15.0. The Morgan fingerprint density at radius 2 is 2.11 bits per heavy atom. The molecule has 3 aromatic rings. The standard InChI is InChI=1S/C19H15BCl2N2O3/c21-14-10-23-24(11-14)15-3-4-16(18(22)9-15)19(25)8-12-1-2-13-5-6-27-20(26)17(13)7-12/h1-4,7,9-11,26H,5-6,8H2. The number of hydrogen-bond acceptors (Lipinski definition) is 4. The van der Waals surface area contributed by atoms with E-state index in [1.165, 1.54) is 6.20 Å². The van der Waals surface area contributed by atoms with Gasteiger partial charge in [-0.25, -0.2) is 4.68 Å². The number of nitrogens with zero attached hydrogens (tertiary/aromatic N) is 2. The minimum atomic E-state index is -0.937. The first kappa shape index (κ1) is 18.3. The number of fused-ring (bicyclic) bond motifs is 1. The number of ketones is 1. The highest BCUT2D eigenvalue weighted by Crippen LogP contribution is 2.23. The lowest BCUT2D eigenvalue weighted by Gasteiger charge is -2.19. The van der Waals surface area contributed by atoms with Gasteiger partial charge in [0.05, 0.1) is 21.9 Å². The molecule has 27 heavy (non-hydrogen) atoms. The van der Waals surface area contributed by atoms with Crippen LogP contribution in [0.4, 0.5) is 0 Å². The van der Waals surface area contributed by atoms with E-state index in [9.17, 15) is 9.82 Å². The zero-order valence-corrected chi connectivity index (χ0v) is 15.7. The van der Waals surface area contributed by atoms with Gasteiger partial charge in [0, 0.05) is 24.8 Å². The molecule has 1 aliphatic heterocycles. The number of carbonyl (C=O) groups excluding carboxylic acids is 1. The molecule has 0 saturated carbocycles. The van der Waals surface area contributed by atoms with Gasteiger partial charge >= 0.3 is 7.12 Å². The second-order valence-electron chi connectivity index (χ2n) is 6.37. The summed E-state index contributed by atoms with van der Waals surface area (Å²) in [7, 11) is -0.937. The van der Waals surface area contributed by atoms with Crippen molar-refractivity contribution in [3.05, 3.63) is 75.5 Å². The Morgan fingerprint density at radius 3 is 2.85 bits per heavy atom. The second-order valence-corrected chi connectivity index (χ2v) is 7.22. The molecular weight excluding hydrogens is 386 g/mol. The first-order valence-electron chi connectivity index (χ1n) is 8.46. The highest BCUT2D eigenvalue weighted by atomic mass is 35.5. The molecule has 0 amide bonds. The predicted molar refractivity (Wildman–Crippen MR) is 105 cm³/mol. The number of hydrogen-bond donors (Lipinski definition) is 1. The molecule has 0 fully saturated rings. The summed E-state index contributed by atoms with van der Waals surface area (Å²) in [5.41, 5.74) is 3.74. The number of halogens is 2. The summed E-state index contributed by atoms with van der Waals surface area (Å²) in [6, 6.07) is 10.8. The molecule has 1 N–H and O–H groups in total. The third-order valence-electron chi connectivity index (χ3n) is 4.56. The van der Waals surface area contributed by atoms with E-state index in [4.69, 9.17) is 27.9 Å². The van der Waals surface area contributed by atoms with Crippen molar-refractivity contribution in [3.8, 4) is 5.69 Å². The molecule has 8 heteroatoms. The zero-order valence-electron chi connectivity index (χ0n) is 14.2. The largest absolute Gasteiger partial charge is 0.491 e. The lowest BCUT2D eigenvalue weighted by Crippen LogP contribution is -2.41. The summed E-state index contributed by atoms with van der Waals surface area (Å²) in [6.07, 6.45) is 4.13. The molecule has 0 bridgehead atoms. The molecule has 2 heterocycles. The number of benzene rings is 2. The molecule has 0 spiro atoms. The Bertz CT molecular complexity index is 1020.